The SMILES string of the molecule is COc1cccc(O[C@H](C)C(=O)NCCOc2ccc(C)c(C)c2)c1. The largest absolute Gasteiger partial charge is 0.497 e. The first-order chi connectivity index (χ1) is 12.0. The molecule has 0 saturated carbocycles. The Morgan fingerprint density at radius 1 is 1.04 bits per heavy atom. The van der Waals surface area contributed by atoms with Crippen molar-refractivity contribution in [1.82, 2.24) is 5.32 Å². The molecule has 0 spiro atoms. The zero-order valence-corrected chi connectivity index (χ0v) is 15.2. The fraction of sp³-hybridized carbons (Fsp3) is 0.350. The highest BCUT2D eigenvalue weighted by atomic mass is 16.5. The van der Waals surface area contributed by atoms with Gasteiger partial charge in [-0.1, -0.05) is 12.1 Å². The molecule has 1 atom stereocenters. The fourth-order valence-corrected chi connectivity index (χ4v) is 2.22. The van der Waals surface area contributed by atoms with Gasteiger partial charge in [0, 0.05) is 6.07 Å². The summed E-state index contributed by atoms with van der Waals surface area (Å²) < 4.78 is 16.4. The second-order valence-electron chi connectivity index (χ2n) is 5.82. The molecule has 0 aliphatic heterocycles. The first-order valence-electron chi connectivity index (χ1n) is 8.28. The van der Waals surface area contributed by atoms with E-state index in [1.54, 1.807) is 26.2 Å². The van der Waals surface area contributed by atoms with Gasteiger partial charge in [-0.25, -0.2) is 0 Å². The molecule has 0 aliphatic rings. The monoisotopic (exact) mass is 343 g/mol. The van der Waals surface area contributed by atoms with Gasteiger partial charge in [0.2, 0.25) is 0 Å². The fourth-order valence-electron chi connectivity index (χ4n) is 2.22. The van der Waals surface area contributed by atoms with E-state index in [1.807, 2.05) is 37.3 Å². The maximum absolute atomic E-state index is 12.1. The molecule has 1 N–H and O–H groups in total. The maximum Gasteiger partial charge on any atom is 0.260 e. The maximum atomic E-state index is 12.1. The van der Waals surface area contributed by atoms with Crippen molar-refractivity contribution in [2.24, 2.45) is 0 Å². The van der Waals surface area contributed by atoms with Crippen LogP contribution in [-0.2, 0) is 4.79 Å². The number of amides is 1. The molecule has 0 saturated heterocycles. The van der Waals surface area contributed by atoms with Gasteiger partial charge in [-0.05, 0) is 56.2 Å². The molecule has 134 valence electrons. The minimum Gasteiger partial charge on any atom is -0.497 e. The summed E-state index contributed by atoms with van der Waals surface area (Å²) in [5.41, 5.74) is 2.41. The first kappa shape index (κ1) is 18.6. The van der Waals surface area contributed by atoms with Crippen LogP contribution in [0.1, 0.15) is 18.1 Å². The number of hydrogen-bond donors (Lipinski definition) is 1. The van der Waals surface area contributed by atoms with Gasteiger partial charge in [-0.15, -0.1) is 0 Å². The lowest BCUT2D eigenvalue weighted by Crippen LogP contribution is -2.38. The predicted octanol–water partition coefficient (Wildman–Crippen LogP) is 3.27. The van der Waals surface area contributed by atoms with Crippen LogP contribution in [0.4, 0.5) is 0 Å². The Bertz CT molecular complexity index is 715. The molecule has 0 aliphatic carbocycles. The van der Waals surface area contributed by atoms with Crippen LogP contribution in [0, 0.1) is 13.8 Å². The number of hydrogen-bond acceptors (Lipinski definition) is 4. The summed E-state index contributed by atoms with van der Waals surface area (Å²) in [7, 11) is 1.59. The minimum atomic E-state index is -0.603. The van der Waals surface area contributed by atoms with Gasteiger partial charge >= 0.3 is 0 Å². The average Bonchev–Trinajstić information content (AvgIpc) is 2.61. The van der Waals surface area contributed by atoms with Gasteiger partial charge in [-0.3, -0.25) is 4.79 Å². The molecule has 0 aromatic heterocycles. The number of benzene rings is 2. The smallest absolute Gasteiger partial charge is 0.260 e. The normalized spacial score (nSPS) is 11.5. The lowest BCUT2D eigenvalue weighted by molar-refractivity contribution is -0.127. The van der Waals surface area contributed by atoms with Crippen molar-refractivity contribution >= 4 is 5.91 Å². The molecular weight excluding hydrogens is 318 g/mol. The molecule has 0 fully saturated rings. The van der Waals surface area contributed by atoms with Crippen LogP contribution in [0.2, 0.25) is 0 Å². The highest BCUT2D eigenvalue weighted by Crippen LogP contribution is 2.20. The van der Waals surface area contributed by atoms with Crippen molar-refractivity contribution in [1.29, 1.82) is 0 Å². The van der Waals surface area contributed by atoms with Gasteiger partial charge in [-0.2, -0.15) is 0 Å². The Balaban J connectivity index is 1.74. The molecule has 25 heavy (non-hydrogen) atoms. The van der Waals surface area contributed by atoms with Crippen molar-refractivity contribution in [3.05, 3.63) is 53.6 Å². The standard InChI is InChI=1S/C20H25NO4/c1-14-8-9-18(12-15(14)2)24-11-10-21-20(22)16(3)25-19-7-5-6-17(13-19)23-4/h5-9,12-13,16H,10-11H2,1-4H3,(H,21,22)/t16-/m1/s1. The zero-order valence-electron chi connectivity index (χ0n) is 15.2. The third-order valence-corrected chi connectivity index (χ3v) is 3.87. The Morgan fingerprint density at radius 3 is 2.52 bits per heavy atom. The predicted molar refractivity (Wildman–Crippen MR) is 97.5 cm³/mol. The van der Waals surface area contributed by atoms with Crippen LogP contribution >= 0.6 is 0 Å². The third kappa shape index (κ3) is 5.71. The number of rotatable bonds is 8. The summed E-state index contributed by atoms with van der Waals surface area (Å²) in [6.45, 7) is 6.63. The number of ether oxygens (including phenoxy) is 3. The van der Waals surface area contributed by atoms with E-state index >= 15 is 0 Å². The molecule has 0 radical (unpaired) electrons. The van der Waals surface area contributed by atoms with Crippen LogP contribution in [0.25, 0.3) is 0 Å². The first-order valence-corrected chi connectivity index (χ1v) is 8.28. The second-order valence-corrected chi connectivity index (χ2v) is 5.82. The summed E-state index contributed by atoms with van der Waals surface area (Å²) in [4.78, 5) is 12.1. The molecule has 0 unspecified atom stereocenters. The van der Waals surface area contributed by atoms with E-state index in [0.29, 0.717) is 24.7 Å². The molecule has 5 heteroatoms. The van der Waals surface area contributed by atoms with Crippen LogP contribution in [0.3, 0.4) is 0 Å². The van der Waals surface area contributed by atoms with E-state index in [4.69, 9.17) is 14.2 Å². The summed E-state index contributed by atoms with van der Waals surface area (Å²) in [6, 6.07) is 13.1. The molecule has 5 nitrogen and oxygen atoms in total. The van der Waals surface area contributed by atoms with Gasteiger partial charge in [0.05, 0.1) is 13.7 Å². The quantitative estimate of drug-likeness (QED) is 0.748. The van der Waals surface area contributed by atoms with E-state index in [0.717, 1.165) is 5.75 Å². The number of carbonyl (C=O) groups is 1. The van der Waals surface area contributed by atoms with E-state index < -0.39 is 6.10 Å². The zero-order chi connectivity index (χ0) is 18.2. The molecular formula is C20H25NO4. The Kier molecular flexibility index (Phi) is 6.69. The van der Waals surface area contributed by atoms with Crippen molar-refractivity contribution < 1.29 is 19.0 Å². The molecule has 0 bridgehead atoms. The molecule has 2 aromatic rings. The van der Waals surface area contributed by atoms with Gasteiger partial charge in [0.15, 0.2) is 6.10 Å². The van der Waals surface area contributed by atoms with Crippen LogP contribution in [0.15, 0.2) is 42.5 Å². The number of aryl methyl sites for hydroxylation is 2. The molecule has 2 aromatic carbocycles. The lowest BCUT2D eigenvalue weighted by atomic mass is 10.1. The van der Waals surface area contributed by atoms with E-state index in [-0.39, 0.29) is 5.91 Å². The highest BCUT2D eigenvalue weighted by Gasteiger charge is 2.14. The van der Waals surface area contributed by atoms with Crippen molar-refractivity contribution in [2.75, 3.05) is 20.3 Å². The molecule has 1 amide bonds. The topological polar surface area (TPSA) is 56.8 Å². The third-order valence-electron chi connectivity index (χ3n) is 3.87. The average molecular weight is 343 g/mol. The number of nitrogens with one attached hydrogen (secondary N) is 1. The minimum absolute atomic E-state index is 0.188. The lowest BCUT2D eigenvalue weighted by Gasteiger charge is -2.15. The van der Waals surface area contributed by atoms with Gasteiger partial charge in [0.1, 0.15) is 23.9 Å². The summed E-state index contributed by atoms with van der Waals surface area (Å²) >= 11 is 0. The van der Waals surface area contributed by atoms with Crippen LogP contribution < -0.4 is 19.5 Å². The Morgan fingerprint density at radius 2 is 1.80 bits per heavy atom. The number of methoxy groups -OCH3 is 1. The van der Waals surface area contributed by atoms with Crippen molar-refractivity contribution in [3.63, 3.8) is 0 Å². The van der Waals surface area contributed by atoms with Gasteiger partial charge in [0.25, 0.3) is 5.91 Å². The second kappa shape index (κ2) is 8.97. The molecule has 0 heterocycles. The molecule has 2 rings (SSSR count). The van der Waals surface area contributed by atoms with Gasteiger partial charge < -0.3 is 19.5 Å². The van der Waals surface area contributed by atoms with E-state index in [1.165, 1.54) is 11.1 Å². The van der Waals surface area contributed by atoms with Crippen LogP contribution in [0.5, 0.6) is 17.2 Å². The van der Waals surface area contributed by atoms with E-state index in [2.05, 4.69) is 12.2 Å². The summed E-state index contributed by atoms with van der Waals surface area (Å²) in [5.74, 6) is 1.89. The van der Waals surface area contributed by atoms with Crippen molar-refractivity contribution in [2.45, 2.75) is 26.9 Å². The Labute approximate surface area is 148 Å². The Hall–Kier alpha value is -2.69. The number of carbonyl (C=O) groups excluding carboxylic acids is 1. The summed E-state index contributed by atoms with van der Waals surface area (Å²) in [5, 5.41) is 2.81. The van der Waals surface area contributed by atoms with Crippen molar-refractivity contribution in [3.8, 4) is 17.2 Å². The van der Waals surface area contributed by atoms with Crippen LogP contribution in [-0.4, -0.2) is 32.3 Å². The highest BCUT2D eigenvalue weighted by molar-refractivity contribution is 5.80. The van der Waals surface area contributed by atoms with E-state index in [9.17, 15) is 4.79 Å². The summed E-state index contributed by atoms with van der Waals surface area (Å²) in [6.07, 6.45) is -0.603.